The zero-order valence-electron chi connectivity index (χ0n) is 14.0. The first-order valence-corrected chi connectivity index (χ1v) is 8.44. The molecule has 2 aromatic rings. The van der Waals surface area contributed by atoms with Gasteiger partial charge in [-0.15, -0.1) is 0 Å². The van der Waals surface area contributed by atoms with Gasteiger partial charge in [0, 0.05) is 29.2 Å². The molecule has 1 fully saturated rings. The first-order chi connectivity index (χ1) is 11.8. The lowest BCUT2D eigenvalue weighted by atomic mass is 9.91. The van der Waals surface area contributed by atoms with Crippen molar-refractivity contribution in [2.45, 2.75) is 25.3 Å². The van der Waals surface area contributed by atoms with Gasteiger partial charge in [0.15, 0.2) is 0 Å². The lowest BCUT2D eigenvalue weighted by molar-refractivity contribution is 0.362. The van der Waals surface area contributed by atoms with E-state index in [9.17, 15) is 4.79 Å². The second kappa shape index (κ2) is 6.50. The molecule has 132 valence electrons. The lowest BCUT2D eigenvalue weighted by Gasteiger charge is -2.37. The number of nitrogens with zero attached hydrogens (tertiary/aromatic N) is 2. The van der Waals surface area contributed by atoms with Gasteiger partial charge in [-0.2, -0.15) is 4.98 Å². The number of H-pyrrole nitrogens is 1. The van der Waals surface area contributed by atoms with Crippen molar-refractivity contribution in [3.05, 3.63) is 50.8 Å². The topological polar surface area (TPSA) is 125 Å². The predicted molar refractivity (Wildman–Crippen MR) is 101 cm³/mol. The van der Waals surface area contributed by atoms with Crippen molar-refractivity contribution in [2.24, 2.45) is 5.73 Å². The molecule has 1 aliphatic heterocycles. The fourth-order valence-corrected chi connectivity index (χ4v) is 3.13. The van der Waals surface area contributed by atoms with Crippen LogP contribution in [0.2, 0.25) is 5.02 Å². The van der Waals surface area contributed by atoms with E-state index < -0.39 is 5.56 Å². The van der Waals surface area contributed by atoms with Gasteiger partial charge in [-0.1, -0.05) is 29.8 Å². The van der Waals surface area contributed by atoms with Gasteiger partial charge in [0.1, 0.15) is 11.4 Å². The highest BCUT2D eigenvalue weighted by Gasteiger charge is 2.28. The van der Waals surface area contributed by atoms with Crippen LogP contribution in [0.25, 0.3) is 0 Å². The van der Waals surface area contributed by atoms with E-state index in [1.54, 1.807) is 24.3 Å². The third kappa shape index (κ3) is 3.52. The van der Waals surface area contributed by atoms with Crippen LogP contribution in [0.5, 0.6) is 0 Å². The molecular formula is C17H21ClN6O. The minimum Gasteiger partial charge on any atom is -0.383 e. The summed E-state index contributed by atoms with van der Waals surface area (Å²) in [5.74, 6) is 0.429. The molecule has 0 unspecified atom stereocenters. The molecule has 3 rings (SSSR count). The normalized spacial score (nSPS) is 16.7. The summed E-state index contributed by atoms with van der Waals surface area (Å²) in [6.45, 7) is 3.40. The Kier molecular flexibility index (Phi) is 4.53. The Morgan fingerprint density at radius 3 is 2.60 bits per heavy atom. The number of nitrogens with two attached hydrogens (primary N) is 2. The Morgan fingerprint density at radius 2 is 2.00 bits per heavy atom. The van der Waals surface area contributed by atoms with Crippen LogP contribution in [0.3, 0.4) is 0 Å². The summed E-state index contributed by atoms with van der Waals surface area (Å²) in [5, 5.41) is 8.69. The molecule has 1 aliphatic rings. The Hall–Kier alpha value is -2.38. The van der Waals surface area contributed by atoms with E-state index in [-0.39, 0.29) is 22.6 Å². The molecule has 1 aromatic heterocycles. The summed E-state index contributed by atoms with van der Waals surface area (Å²) in [5.41, 5.74) is 11.9. The summed E-state index contributed by atoms with van der Waals surface area (Å²) in [6.07, 6.45) is 1.60. The van der Waals surface area contributed by atoms with Crippen molar-refractivity contribution < 1.29 is 0 Å². The number of piperidine rings is 1. The molecule has 0 bridgehead atoms. The zero-order chi connectivity index (χ0) is 18.2. The van der Waals surface area contributed by atoms with Crippen molar-refractivity contribution in [3.8, 4) is 0 Å². The average molecular weight is 361 g/mol. The number of hydrogen-bond acceptors (Lipinski definition) is 6. The molecule has 0 amide bonds. The SMILES string of the molecule is CC1(N)CCN(c2nc(N)c(C(=N)c3ccccc3Cl)c(=O)[nH]2)CC1. The third-order valence-corrected chi connectivity index (χ3v) is 4.86. The minimum atomic E-state index is -0.450. The van der Waals surface area contributed by atoms with E-state index in [0.29, 0.717) is 29.6 Å². The first kappa shape index (κ1) is 17.4. The molecule has 0 spiro atoms. The van der Waals surface area contributed by atoms with Gasteiger partial charge in [-0.3, -0.25) is 15.2 Å². The number of rotatable bonds is 3. The maximum Gasteiger partial charge on any atom is 0.263 e. The highest BCUT2D eigenvalue weighted by molar-refractivity contribution is 6.35. The smallest absolute Gasteiger partial charge is 0.263 e. The lowest BCUT2D eigenvalue weighted by Crippen LogP contribution is -2.49. The van der Waals surface area contributed by atoms with Gasteiger partial charge < -0.3 is 16.4 Å². The zero-order valence-corrected chi connectivity index (χ0v) is 14.7. The number of nitrogen functional groups attached to an aromatic ring is 1. The maximum absolute atomic E-state index is 12.5. The van der Waals surface area contributed by atoms with Crippen molar-refractivity contribution in [1.29, 1.82) is 5.41 Å². The number of aromatic nitrogens is 2. The molecule has 25 heavy (non-hydrogen) atoms. The summed E-state index contributed by atoms with van der Waals surface area (Å²) >= 11 is 6.12. The van der Waals surface area contributed by atoms with E-state index in [0.717, 1.165) is 12.8 Å². The van der Waals surface area contributed by atoms with Crippen molar-refractivity contribution in [3.63, 3.8) is 0 Å². The molecule has 0 radical (unpaired) electrons. The molecular weight excluding hydrogens is 340 g/mol. The number of hydrogen-bond donors (Lipinski definition) is 4. The van der Waals surface area contributed by atoms with Gasteiger partial charge in [-0.25, -0.2) is 0 Å². The number of aromatic amines is 1. The highest BCUT2D eigenvalue weighted by atomic mass is 35.5. The Bertz CT molecular complexity index is 866. The molecule has 8 heteroatoms. The Balaban J connectivity index is 1.93. The maximum atomic E-state index is 12.5. The molecule has 6 N–H and O–H groups in total. The van der Waals surface area contributed by atoms with Gasteiger partial charge in [-0.05, 0) is 25.8 Å². The van der Waals surface area contributed by atoms with Crippen LogP contribution in [0.15, 0.2) is 29.1 Å². The second-order valence-corrected chi connectivity index (χ2v) is 7.05. The first-order valence-electron chi connectivity index (χ1n) is 8.06. The van der Waals surface area contributed by atoms with E-state index in [4.69, 9.17) is 28.5 Å². The van der Waals surface area contributed by atoms with Crippen LogP contribution in [0, 0.1) is 5.41 Å². The monoisotopic (exact) mass is 360 g/mol. The van der Waals surface area contributed by atoms with Gasteiger partial charge in [0.2, 0.25) is 5.95 Å². The number of halogens is 1. The molecule has 7 nitrogen and oxygen atoms in total. The number of benzene rings is 1. The summed E-state index contributed by atoms with van der Waals surface area (Å²) < 4.78 is 0. The standard InChI is InChI=1S/C17H21ClN6O/c1-17(21)6-8-24(9-7-17)16-22-14(20)12(15(25)23-16)13(19)10-4-2-3-5-11(10)18/h2-5,19H,6-9,21H2,1H3,(H3,20,22,23,25). The molecule has 2 heterocycles. The van der Waals surface area contributed by atoms with E-state index in [1.165, 1.54) is 0 Å². The largest absolute Gasteiger partial charge is 0.383 e. The molecule has 1 aromatic carbocycles. The Morgan fingerprint density at radius 1 is 1.36 bits per heavy atom. The van der Waals surface area contributed by atoms with Crippen LogP contribution in [0.4, 0.5) is 11.8 Å². The fraction of sp³-hybridized carbons (Fsp3) is 0.353. The fourth-order valence-electron chi connectivity index (χ4n) is 2.90. The van der Waals surface area contributed by atoms with E-state index >= 15 is 0 Å². The van der Waals surface area contributed by atoms with Gasteiger partial charge in [0.05, 0.1) is 5.71 Å². The van der Waals surface area contributed by atoms with Crippen molar-refractivity contribution >= 4 is 29.1 Å². The number of anilines is 2. The quantitative estimate of drug-likeness (QED) is 0.620. The van der Waals surface area contributed by atoms with Crippen LogP contribution < -0.4 is 21.9 Å². The van der Waals surface area contributed by atoms with Crippen LogP contribution in [0.1, 0.15) is 30.9 Å². The predicted octanol–water partition coefficient (Wildman–Crippen LogP) is 1.74. The van der Waals surface area contributed by atoms with Gasteiger partial charge >= 0.3 is 0 Å². The summed E-state index contributed by atoms with van der Waals surface area (Å²) in [6, 6.07) is 6.84. The third-order valence-electron chi connectivity index (χ3n) is 4.53. The Labute approximate surface area is 150 Å². The summed E-state index contributed by atoms with van der Waals surface area (Å²) in [7, 11) is 0. The summed E-state index contributed by atoms with van der Waals surface area (Å²) in [4.78, 5) is 21.5. The molecule has 1 saturated heterocycles. The minimum absolute atomic E-state index is 0.0183. The molecule has 0 saturated carbocycles. The van der Waals surface area contributed by atoms with Crippen molar-refractivity contribution in [2.75, 3.05) is 23.7 Å². The van der Waals surface area contributed by atoms with Crippen molar-refractivity contribution in [1.82, 2.24) is 9.97 Å². The van der Waals surface area contributed by atoms with Crippen LogP contribution in [-0.2, 0) is 0 Å². The van der Waals surface area contributed by atoms with E-state index in [1.807, 2.05) is 11.8 Å². The van der Waals surface area contributed by atoms with Crippen LogP contribution in [-0.4, -0.2) is 34.3 Å². The average Bonchev–Trinajstić information content (AvgIpc) is 2.54. The second-order valence-electron chi connectivity index (χ2n) is 6.65. The van der Waals surface area contributed by atoms with Crippen LogP contribution >= 0.6 is 11.6 Å². The van der Waals surface area contributed by atoms with Gasteiger partial charge in [0.25, 0.3) is 5.56 Å². The number of nitrogens with one attached hydrogen (secondary N) is 2. The molecule has 0 aliphatic carbocycles. The van der Waals surface area contributed by atoms with E-state index in [2.05, 4.69) is 9.97 Å². The highest BCUT2D eigenvalue weighted by Crippen LogP contribution is 2.23. The molecule has 0 atom stereocenters.